The van der Waals surface area contributed by atoms with Crippen LogP contribution < -0.4 is 15.4 Å². The van der Waals surface area contributed by atoms with Gasteiger partial charge in [0, 0.05) is 44.0 Å². The Kier molecular flexibility index (Phi) is 8.63. The van der Waals surface area contributed by atoms with Crippen molar-refractivity contribution < 1.29 is 27.5 Å². The molecule has 0 atom stereocenters. The molecule has 7 nitrogen and oxygen atoms in total. The number of anilines is 1. The van der Waals surface area contributed by atoms with Crippen LogP contribution in [0.15, 0.2) is 42.5 Å². The first kappa shape index (κ1) is 27.5. The zero-order valence-electron chi connectivity index (χ0n) is 21.0. The Hall–Kier alpha value is -3.11. The number of hydrogen-bond acceptors (Lipinski definition) is 5. The molecule has 0 radical (unpaired) electrons. The molecular weight excluding hydrogens is 473 g/mol. The first-order chi connectivity index (χ1) is 16.8. The van der Waals surface area contributed by atoms with Crippen molar-refractivity contribution in [3.8, 4) is 5.75 Å². The van der Waals surface area contributed by atoms with Gasteiger partial charge in [0.15, 0.2) is 0 Å². The van der Waals surface area contributed by atoms with Crippen LogP contribution in [0.1, 0.15) is 37.5 Å². The maximum absolute atomic E-state index is 13.8. The Balaban J connectivity index is 1.61. The van der Waals surface area contributed by atoms with Gasteiger partial charge >= 0.3 is 12.3 Å². The molecule has 0 spiro atoms. The molecule has 0 unspecified atom stereocenters. The van der Waals surface area contributed by atoms with Crippen LogP contribution in [0.3, 0.4) is 0 Å². The molecule has 2 N–H and O–H groups in total. The predicted octanol–water partition coefficient (Wildman–Crippen LogP) is 4.52. The highest BCUT2D eigenvalue weighted by atomic mass is 19.4. The van der Waals surface area contributed by atoms with Crippen molar-refractivity contribution in [2.75, 3.05) is 38.5 Å². The molecule has 2 aromatic rings. The van der Waals surface area contributed by atoms with Gasteiger partial charge in [0.05, 0.1) is 12.0 Å². The number of carbonyl (C=O) groups is 2. The van der Waals surface area contributed by atoms with Gasteiger partial charge in [-0.3, -0.25) is 9.69 Å². The third-order valence-electron chi connectivity index (χ3n) is 5.66. The number of halogens is 3. The van der Waals surface area contributed by atoms with E-state index in [0.29, 0.717) is 24.4 Å². The third kappa shape index (κ3) is 8.53. The number of alkyl halides is 3. The maximum Gasteiger partial charge on any atom is 0.416 e. The Morgan fingerprint density at radius 1 is 0.972 bits per heavy atom. The third-order valence-corrected chi connectivity index (χ3v) is 5.66. The van der Waals surface area contributed by atoms with E-state index in [0.717, 1.165) is 19.2 Å². The number of ether oxygens (including phenoxy) is 1. The molecule has 1 aliphatic rings. The highest BCUT2D eigenvalue weighted by Gasteiger charge is 2.34. The van der Waals surface area contributed by atoms with Crippen LogP contribution in [-0.2, 0) is 23.9 Å². The second-order valence-electron chi connectivity index (χ2n) is 10.1. The summed E-state index contributed by atoms with van der Waals surface area (Å²) in [4.78, 5) is 28.5. The summed E-state index contributed by atoms with van der Waals surface area (Å²) in [5, 5.41) is 5.23. The van der Waals surface area contributed by atoms with Crippen molar-refractivity contribution in [2.45, 2.75) is 45.5 Å². The lowest BCUT2D eigenvalue weighted by Gasteiger charge is -2.33. The molecule has 3 rings (SSSR count). The number of carbonyl (C=O) groups excluding carboxylic acids is 2. The summed E-state index contributed by atoms with van der Waals surface area (Å²) < 4.78 is 46.5. The first-order valence-electron chi connectivity index (χ1n) is 11.8. The maximum atomic E-state index is 13.8. The second-order valence-corrected chi connectivity index (χ2v) is 10.1. The lowest BCUT2D eigenvalue weighted by atomic mass is 10.0. The average molecular weight is 507 g/mol. The number of amides is 2. The van der Waals surface area contributed by atoms with E-state index in [2.05, 4.69) is 15.5 Å². The summed E-state index contributed by atoms with van der Waals surface area (Å²) in [5.41, 5.74) is -0.276. The summed E-state index contributed by atoms with van der Waals surface area (Å²) in [6.45, 7) is 8.73. The molecule has 1 heterocycles. The molecule has 36 heavy (non-hydrogen) atoms. The van der Waals surface area contributed by atoms with E-state index in [1.807, 2.05) is 32.7 Å². The van der Waals surface area contributed by atoms with Crippen LogP contribution in [0.25, 0.3) is 0 Å². The number of rotatable bonds is 6. The van der Waals surface area contributed by atoms with E-state index < -0.39 is 29.3 Å². The smallest absolute Gasteiger partial charge is 0.410 e. The molecule has 0 aromatic heterocycles. The number of piperazine rings is 1. The quantitative estimate of drug-likeness (QED) is 0.603. The van der Waals surface area contributed by atoms with Crippen molar-refractivity contribution in [3.05, 3.63) is 59.2 Å². The molecule has 0 saturated carbocycles. The zero-order valence-corrected chi connectivity index (χ0v) is 21.0. The van der Waals surface area contributed by atoms with Gasteiger partial charge in [0.1, 0.15) is 5.75 Å². The molecule has 1 fully saturated rings. The van der Waals surface area contributed by atoms with Crippen molar-refractivity contribution in [3.63, 3.8) is 0 Å². The molecule has 1 aliphatic heterocycles. The normalized spacial score (nSPS) is 15.4. The van der Waals surface area contributed by atoms with Crippen LogP contribution in [0.2, 0.25) is 0 Å². The summed E-state index contributed by atoms with van der Waals surface area (Å²) in [5.74, 6) is -0.138. The Labute approximate surface area is 209 Å². The van der Waals surface area contributed by atoms with E-state index in [4.69, 9.17) is 4.74 Å². The number of nitrogens with zero attached hydrogens (tertiary/aromatic N) is 2. The summed E-state index contributed by atoms with van der Waals surface area (Å²) >= 11 is 0. The minimum absolute atomic E-state index is 0.0428. The van der Waals surface area contributed by atoms with Crippen molar-refractivity contribution in [1.82, 2.24) is 15.1 Å². The predicted molar refractivity (Wildman–Crippen MR) is 132 cm³/mol. The number of likely N-dealkylation sites (N-methyl/N-ethyl adjacent to an activating group) is 1. The average Bonchev–Trinajstić information content (AvgIpc) is 2.75. The van der Waals surface area contributed by atoms with Crippen molar-refractivity contribution >= 4 is 17.7 Å². The number of nitrogens with one attached hydrogen (secondary N) is 2. The standard InChI is InChI=1S/C26H33F3N4O3/c1-25(2,3)31-24(35)36-21-9-5-18(6-10-21)15-23(34)30-20-8-7-19(22(16-20)26(27,28)29)17-33-13-11-32(4)12-14-33/h5-10,16H,11-15,17H2,1-4H3,(H,30,34)(H,31,35). The molecule has 0 aliphatic carbocycles. The molecule has 0 bridgehead atoms. The van der Waals surface area contributed by atoms with Gasteiger partial charge in [-0.2, -0.15) is 13.2 Å². The molecular formula is C26H33F3N4O3. The van der Waals surface area contributed by atoms with Crippen LogP contribution in [-0.4, -0.2) is 60.6 Å². The van der Waals surface area contributed by atoms with Crippen molar-refractivity contribution in [1.29, 1.82) is 0 Å². The number of hydrogen-bond donors (Lipinski definition) is 2. The van der Waals surface area contributed by atoms with Crippen LogP contribution in [0, 0.1) is 0 Å². The number of benzene rings is 2. The monoisotopic (exact) mass is 506 g/mol. The van der Waals surface area contributed by atoms with Gasteiger partial charge in [-0.15, -0.1) is 0 Å². The van der Waals surface area contributed by atoms with Gasteiger partial charge in [-0.1, -0.05) is 18.2 Å². The summed E-state index contributed by atoms with van der Waals surface area (Å²) in [7, 11) is 1.99. The SMILES string of the molecule is CN1CCN(Cc2ccc(NC(=O)Cc3ccc(OC(=O)NC(C)(C)C)cc3)cc2C(F)(F)F)CC1. The van der Waals surface area contributed by atoms with E-state index in [-0.39, 0.29) is 24.2 Å². The largest absolute Gasteiger partial charge is 0.416 e. The van der Waals surface area contributed by atoms with E-state index >= 15 is 0 Å². The molecule has 196 valence electrons. The summed E-state index contributed by atoms with van der Waals surface area (Å²) in [6.07, 6.45) is -5.17. The van der Waals surface area contributed by atoms with E-state index in [1.54, 1.807) is 24.3 Å². The van der Waals surface area contributed by atoms with Gasteiger partial charge in [0.2, 0.25) is 5.91 Å². The Bertz CT molecular complexity index is 1060. The van der Waals surface area contributed by atoms with Crippen LogP contribution in [0.5, 0.6) is 5.75 Å². The summed E-state index contributed by atoms with van der Waals surface area (Å²) in [6, 6.07) is 10.3. The Morgan fingerprint density at radius 3 is 2.19 bits per heavy atom. The van der Waals surface area contributed by atoms with Crippen molar-refractivity contribution in [2.24, 2.45) is 0 Å². The molecule has 2 aromatic carbocycles. The topological polar surface area (TPSA) is 73.9 Å². The zero-order chi connectivity index (χ0) is 26.5. The fourth-order valence-corrected chi connectivity index (χ4v) is 3.81. The lowest BCUT2D eigenvalue weighted by molar-refractivity contribution is -0.138. The minimum Gasteiger partial charge on any atom is -0.410 e. The molecule has 2 amide bonds. The second kappa shape index (κ2) is 11.3. The van der Waals surface area contributed by atoms with Crippen LogP contribution in [0.4, 0.5) is 23.7 Å². The fourth-order valence-electron chi connectivity index (χ4n) is 3.81. The molecule has 10 heteroatoms. The Morgan fingerprint density at radius 2 is 1.61 bits per heavy atom. The fraction of sp³-hybridized carbons (Fsp3) is 0.462. The van der Waals surface area contributed by atoms with Gasteiger partial charge in [0.25, 0.3) is 0 Å². The van der Waals surface area contributed by atoms with E-state index in [9.17, 15) is 22.8 Å². The lowest BCUT2D eigenvalue weighted by Crippen LogP contribution is -2.44. The van der Waals surface area contributed by atoms with Crippen LogP contribution >= 0.6 is 0 Å². The van der Waals surface area contributed by atoms with Gasteiger partial charge < -0.3 is 20.3 Å². The highest BCUT2D eigenvalue weighted by molar-refractivity contribution is 5.92. The molecule has 1 saturated heterocycles. The van der Waals surface area contributed by atoms with E-state index in [1.165, 1.54) is 12.1 Å². The van der Waals surface area contributed by atoms with Gasteiger partial charge in [-0.25, -0.2) is 4.79 Å². The highest BCUT2D eigenvalue weighted by Crippen LogP contribution is 2.34. The minimum atomic E-state index is -4.53. The first-order valence-corrected chi connectivity index (χ1v) is 11.8. The van der Waals surface area contributed by atoms with Gasteiger partial charge in [-0.05, 0) is 63.2 Å².